The molecule has 0 amide bonds. The topological polar surface area (TPSA) is 178 Å². The minimum Gasteiger partial charge on any atom is -0.463 e. The Kier molecular flexibility index (Phi) is 12.6. The van der Waals surface area contributed by atoms with Gasteiger partial charge in [0.25, 0.3) is 5.56 Å². The van der Waals surface area contributed by atoms with Crippen molar-refractivity contribution in [3.63, 3.8) is 0 Å². The molecule has 0 saturated carbocycles. The second-order valence-electron chi connectivity index (χ2n) is 10.3. The zero-order valence-corrected chi connectivity index (χ0v) is 24.3. The van der Waals surface area contributed by atoms with E-state index in [1.54, 1.807) is 0 Å². The number of hydrogen-bond donors (Lipinski definition) is 2. The third-order valence-corrected chi connectivity index (χ3v) is 6.91. The van der Waals surface area contributed by atoms with E-state index in [1.807, 2.05) is 20.8 Å². The minimum absolute atomic E-state index is 0.00901. The molecule has 3 N–H and O–H groups in total. The summed E-state index contributed by atoms with van der Waals surface area (Å²) in [4.78, 5) is 61.3. The van der Waals surface area contributed by atoms with Crippen LogP contribution < -0.4 is 11.3 Å². The van der Waals surface area contributed by atoms with Gasteiger partial charge in [-0.2, -0.15) is 4.98 Å². The van der Waals surface area contributed by atoms with E-state index >= 15 is 0 Å². The van der Waals surface area contributed by atoms with Crippen LogP contribution in [0.4, 0.5) is 5.95 Å². The van der Waals surface area contributed by atoms with Crippen LogP contribution in [0, 0.1) is 0 Å². The minimum atomic E-state index is -1.12. The molecule has 3 heterocycles. The van der Waals surface area contributed by atoms with Crippen molar-refractivity contribution in [2.45, 2.75) is 122 Å². The molecule has 1 aliphatic heterocycles. The predicted molar refractivity (Wildman–Crippen MR) is 150 cm³/mol. The summed E-state index contributed by atoms with van der Waals surface area (Å²) < 4.78 is 24.9. The van der Waals surface area contributed by atoms with Gasteiger partial charge >= 0.3 is 17.9 Å². The first kappa shape index (κ1) is 32.0. The summed E-state index contributed by atoms with van der Waals surface area (Å²) >= 11 is 0. The number of nitrogens with one attached hydrogen (secondary N) is 1. The van der Waals surface area contributed by atoms with Gasteiger partial charge in [0.05, 0.1) is 6.33 Å². The molecule has 0 radical (unpaired) electrons. The molecule has 4 atom stereocenters. The average Bonchev–Trinajstić information content (AvgIpc) is 3.49. The number of imidazole rings is 1. The highest BCUT2D eigenvalue weighted by atomic mass is 16.7. The number of hydrogen-bond acceptors (Lipinski definition) is 11. The van der Waals surface area contributed by atoms with Gasteiger partial charge in [0.1, 0.15) is 12.7 Å². The van der Waals surface area contributed by atoms with Gasteiger partial charge in [0, 0.05) is 19.3 Å². The van der Waals surface area contributed by atoms with Crippen LogP contribution in [-0.4, -0.2) is 62.3 Å². The normalized spacial score (nSPS) is 20.3. The number of nitrogens with two attached hydrogens (primary N) is 1. The number of H-pyrrole nitrogens is 1. The van der Waals surface area contributed by atoms with Crippen molar-refractivity contribution in [3.05, 3.63) is 16.7 Å². The number of nitrogen functional groups attached to an aromatic ring is 1. The van der Waals surface area contributed by atoms with Crippen molar-refractivity contribution in [2.75, 3.05) is 12.3 Å². The van der Waals surface area contributed by atoms with Gasteiger partial charge in [-0.05, 0) is 19.3 Å². The first-order valence-corrected chi connectivity index (χ1v) is 14.7. The lowest BCUT2D eigenvalue weighted by atomic mass is 10.1. The third kappa shape index (κ3) is 9.00. The highest BCUT2D eigenvalue weighted by Crippen LogP contribution is 2.36. The van der Waals surface area contributed by atoms with Crippen LogP contribution in [0.15, 0.2) is 11.1 Å². The number of aromatic nitrogens is 4. The smallest absolute Gasteiger partial charge is 0.306 e. The lowest BCUT2D eigenvalue weighted by Crippen LogP contribution is -2.41. The van der Waals surface area contributed by atoms with E-state index in [0.717, 1.165) is 38.5 Å². The first-order chi connectivity index (χ1) is 19.8. The summed E-state index contributed by atoms with van der Waals surface area (Å²) in [7, 11) is 0. The molecule has 1 saturated heterocycles. The molecule has 228 valence electrons. The molecule has 13 nitrogen and oxygen atoms in total. The first-order valence-electron chi connectivity index (χ1n) is 14.7. The maximum atomic E-state index is 12.9. The van der Waals surface area contributed by atoms with Gasteiger partial charge in [-0.1, -0.05) is 59.3 Å². The zero-order valence-electron chi connectivity index (χ0n) is 24.3. The number of nitrogens with zero attached hydrogens (tertiary/aromatic N) is 3. The predicted octanol–water partition coefficient (Wildman–Crippen LogP) is 3.71. The van der Waals surface area contributed by atoms with Crippen molar-refractivity contribution in [1.82, 2.24) is 19.5 Å². The molecule has 1 aliphatic rings. The van der Waals surface area contributed by atoms with E-state index in [0.29, 0.717) is 19.3 Å². The Hall–Kier alpha value is -3.48. The highest BCUT2D eigenvalue weighted by molar-refractivity contribution is 5.72. The maximum Gasteiger partial charge on any atom is 0.306 e. The molecule has 2 aromatic heterocycles. The molecule has 0 aliphatic carbocycles. The zero-order chi connectivity index (χ0) is 29.8. The van der Waals surface area contributed by atoms with Crippen LogP contribution in [0.1, 0.15) is 104 Å². The van der Waals surface area contributed by atoms with Gasteiger partial charge in [0.2, 0.25) is 5.95 Å². The molecular weight excluding hydrogens is 534 g/mol. The number of aromatic amines is 1. The number of ether oxygens (including phenoxy) is 4. The van der Waals surface area contributed by atoms with Gasteiger partial charge in [-0.15, -0.1) is 0 Å². The van der Waals surface area contributed by atoms with Gasteiger partial charge in [0.15, 0.2) is 29.6 Å². The quantitative estimate of drug-likeness (QED) is 0.159. The number of esters is 3. The van der Waals surface area contributed by atoms with E-state index in [-0.39, 0.29) is 43.0 Å². The highest BCUT2D eigenvalue weighted by Gasteiger charge is 2.51. The monoisotopic (exact) mass is 577 g/mol. The third-order valence-electron chi connectivity index (χ3n) is 6.91. The standard InChI is InChI=1S/C28H43N5O8/c1-4-7-10-13-19(34)38-16-18-23(40-20(35)14-11-8-5-2)24(41-21(36)15-12-9-6-3)27(39-18)33-17-30-22-25(33)31-28(29)32-26(22)37/h17-18,23-24,27H,4-16H2,1-3H3,(H3,29,31,32,37)/t18-,23-,24-,27-/m1/s1. The van der Waals surface area contributed by atoms with E-state index in [1.165, 1.54) is 10.9 Å². The molecule has 13 heteroatoms. The van der Waals surface area contributed by atoms with Crippen LogP contribution in [0.25, 0.3) is 11.2 Å². The fourth-order valence-corrected chi connectivity index (χ4v) is 4.69. The summed E-state index contributed by atoms with van der Waals surface area (Å²) in [6.07, 6.45) is 5.08. The van der Waals surface area contributed by atoms with Crippen LogP contribution >= 0.6 is 0 Å². The Morgan fingerprint density at radius 1 is 0.902 bits per heavy atom. The van der Waals surface area contributed by atoms with E-state index in [9.17, 15) is 19.2 Å². The van der Waals surface area contributed by atoms with E-state index < -0.39 is 48.0 Å². The lowest BCUT2D eigenvalue weighted by Gasteiger charge is -2.25. The van der Waals surface area contributed by atoms with Crippen LogP contribution in [-0.2, 0) is 33.3 Å². The number of anilines is 1. The molecule has 0 spiro atoms. The van der Waals surface area contributed by atoms with Gasteiger partial charge in [-0.3, -0.25) is 28.7 Å². The van der Waals surface area contributed by atoms with Crippen molar-refractivity contribution in [2.24, 2.45) is 0 Å². The summed E-state index contributed by atoms with van der Waals surface area (Å²) in [5, 5.41) is 0. The maximum absolute atomic E-state index is 12.9. The molecule has 1 fully saturated rings. The Bertz CT molecular complexity index is 1210. The molecule has 0 aromatic carbocycles. The number of unbranched alkanes of at least 4 members (excludes halogenated alkanes) is 6. The van der Waals surface area contributed by atoms with Crippen molar-refractivity contribution < 1.29 is 33.3 Å². The Morgan fingerprint density at radius 2 is 1.46 bits per heavy atom. The number of rotatable bonds is 17. The molecule has 3 rings (SSSR count). The second kappa shape index (κ2) is 16.1. The molecule has 41 heavy (non-hydrogen) atoms. The SMILES string of the molecule is CCCCCC(=O)OC[C@H]1O[C@@H](n2cnc3c(=O)[nH]c(N)nc32)[C@H](OC(=O)CCCCC)[C@@H]1OC(=O)CCCCC. The number of carbonyl (C=O) groups is 3. The molecular formula is C28H43N5O8. The van der Waals surface area contributed by atoms with Crippen LogP contribution in [0.3, 0.4) is 0 Å². The van der Waals surface area contributed by atoms with E-state index in [4.69, 9.17) is 24.7 Å². The lowest BCUT2D eigenvalue weighted by molar-refractivity contribution is -0.169. The largest absolute Gasteiger partial charge is 0.463 e. The second-order valence-corrected chi connectivity index (χ2v) is 10.3. The van der Waals surface area contributed by atoms with Crippen molar-refractivity contribution in [3.8, 4) is 0 Å². The fraction of sp³-hybridized carbons (Fsp3) is 0.714. The average molecular weight is 578 g/mol. The Balaban J connectivity index is 1.93. The van der Waals surface area contributed by atoms with Crippen molar-refractivity contribution in [1.29, 1.82) is 0 Å². The summed E-state index contributed by atoms with van der Waals surface area (Å²) in [5.41, 5.74) is 5.35. The number of carbonyl (C=O) groups excluding carboxylic acids is 3. The van der Waals surface area contributed by atoms with E-state index in [2.05, 4.69) is 15.0 Å². The van der Waals surface area contributed by atoms with Gasteiger partial charge < -0.3 is 24.7 Å². The van der Waals surface area contributed by atoms with Crippen LogP contribution in [0.2, 0.25) is 0 Å². The Morgan fingerprint density at radius 3 is 2.05 bits per heavy atom. The molecule has 2 aromatic rings. The summed E-state index contributed by atoms with van der Waals surface area (Å²) in [6.45, 7) is 5.87. The van der Waals surface area contributed by atoms with Gasteiger partial charge in [-0.25, -0.2) is 4.98 Å². The Labute approximate surface area is 239 Å². The summed E-state index contributed by atoms with van der Waals surface area (Å²) in [5.74, 6) is -1.50. The fourth-order valence-electron chi connectivity index (χ4n) is 4.69. The van der Waals surface area contributed by atoms with Crippen molar-refractivity contribution >= 4 is 35.0 Å². The molecule has 0 unspecified atom stereocenters. The van der Waals surface area contributed by atoms with Crippen LogP contribution in [0.5, 0.6) is 0 Å². The number of fused-ring (bicyclic) bond motifs is 1. The summed E-state index contributed by atoms with van der Waals surface area (Å²) in [6, 6.07) is 0. The molecule has 0 bridgehead atoms.